The molecule has 0 aromatic carbocycles. The van der Waals surface area contributed by atoms with E-state index in [1.807, 2.05) is 0 Å². The maximum Gasteiger partial charge on any atom is 0.504 e. The predicted octanol–water partition coefficient (Wildman–Crippen LogP) is 0.744. The van der Waals surface area contributed by atoms with Crippen LogP contribution in [0.3, 0.4) is 0 Å². The van der Waals surface area contributed by atoms with E-state index in [-0.39, 0.29) is 6.10 Å². The molecule has 0 amide bonds. The first-order valence-electron chi connectivity index (χ1n) is 5.79. The molecule has 0 radical (unpaired) electrons. The standard InChI is InChI=1S/C10H20O6Si/c1-11-10(15-8-9-7-14-9)5-4-6-17(12-2,13-3)16-10/h9H,4-8H2,1-3H3. The van der Waals surface area contributed by atoms with Gasteiger partial charge in [-0.15, -0.1) is 0 Å². The van der Waals surface area contributed by atoms with Crippen molar-refractivity contribution in [3.63, 3.8) is 0 Å². The highest BCUT2D eigenvalue weighted by molar-refractivity contribution is 6.60. The zero-order valence-corrected chi connectivity index (χ0v) is 11.6. The molecule has 6 nitrogen and oxygen atoms in total. The van der Waals surface area contributed by atoms with Gasteiger partial charge in [-0.3, -0.25) is 0 Å². The maximum absolute atomic E-state index is 5.88. The fourth-order valence-electron chi connectivity index (χ4n) is 1.92. The van der Waals surface area contributed by atoms with E-state index in [9.17, 15) is 0 Å². The Labute approximate surface area is 102 Å². The molecule has 0 N–H and O–H groups in total. The van der Waals surface area contributed by atoms with E-state index in [1.165, 1.54) is 0 Å². The molecule has 2 saturated heterocycles. The van der Waals surface area contributed by atoms with Crippen LogP contribution in [0.15, 0.2) is 0 Å². The van der Waals surface area contributed by atoms with E-state index in [0.717, 1.165) is 19.1 Å². The van der Waals surface area contributed by atoms with Crippen LogP contribution < -0.4 is 0 Å². The molecular weight excluding hydrogens is 244 g/mol. The van der Waals surface area contributed by atoms with Gasteiger partial charge in [0.25, 0.3) is 5.97 Å². The van der Waals surface area contributed by atoms with Gasteiger partial charge in [-0.2, -0.15) is 0 Å². The van der Waals surface area contributed by atoms with Crippen LogP contribution in [0, 0.1) is 0 Å². The summed E-state index contributed by atoms with van der Waals surface area (Å²) in [7, 11) is 2.15. The van der Waals surface area contributed by atoms with Gasteiger partial charge >= 0.3 is 8.80 Å². The van der Waals surface area contributed by atoms with E-state index in [2.05, 4.69) is 0 Å². The average molecular weight is 264 g/mol. The molecule has 2 unspecified atom stereocenters. The second-order valence-corrected chi connectivity index (χ2v) is 7.09. The van der Waals surface area contributed by atoms with Gasteiger partial charge in [0.05, 0.1) is 13.2 Å². The molecule has 7 heteroatoms. The van der Waals surface area contributed by atoms with Gasteiger partial charge in [-0.05, 0) is 6.42 Å². The number of epoxide rings is 1. The Morgan fingerprint density at radius 1 is 1.29 bits per heavy atom. The molecule has 2 aliphatic heterocycles. The van der Waals surface area contributed by atoms with Crippen LogP contribution in [-0.4, -0.2) is 55.4 Å². The Bertz CT molecular complexity index is 255. The van der Waals surface area contributed by atoms with Gasteiger partial charge in [0.2, 0.25) is 0 Å². The van der Waals surface area contributed by atoms with E-state index in [4.69, 9.17) is 27.5 Å². The molecule has 17 heavy (non-hydrogen) atoms. The summed E-state index contributed by atoms with van der Waals surface area (Å²) in [5.74, 6) is -1.04. The van der Waals surface area contributed by atoms with Gasteiger partial charge < -0.3 is 27.5 Å². The minimum atomic E-state index is -2.63. The highest BCUT2D eigenvalue weighted by Crippen LogP contribution is 2.36. The fraction of sp³-hybridized carbons (Fsp3) is 1.00. The molecule has 2 aliphatic rings. The van der Waals surface area contributed by atoms with Crippen LogP contribution >= 0.6 is 0 Å². The lowest BCUT2D eigenvalue weighted by molar-refractivity contribution is -0.358. The number of hydrogen-bond acceptors (Lipinski definition) is 6. The van der Waals surface area contributed by atoms with Crippen molar-refractivity contribution < 1.29 is 27.5 Å². The quantitative estimate of drug-likeness (QED) is 0.401. The van der Waals surface area contributed by atoms with Crippen molar-refractivity contribution in [3.05, 3.63) is 0 Å². The summed E-state index contributed by atoms with van der Waals surface area (Å²) in [4.78, 5) is 0. The molecule has 2 heterocycles. The van der Waals surface area contributed by atoms with Crippen LogP contribution in [0.5, 0.6) is 0 Å². The van der Waals surface area contributed by atoms with E-state index >= 15 is 0 Å². The highest BCUT2D eigenvalue weighted by atomic mass is 28.4. The second kappa shape index (κ2) is 5.31. The van der Waals surface area contributed by atoms with Crippen molar-refractivity contribution in [2.45, 2.75) is 31.0 Å². The predicted molar refractivity (Wildman–Crippen MR) is 60.3 cm³/mol. The van der Waals surface area contributed by atoms with Gasteiger partial charge in [0.15, 0.2) is 0 Å². The number of rotatable bonds is 6. The molecule has 0 saturated carbocycles. The van der Waals surface area contributed by atoms with Gasteiger partial charge in [-0.25, -0.2) is 0 Å². The summed E-state index contributed by atoms with van der Waals surface area (Å²) in [5.41, 5.74) is 0. The molecule has 2 fully saturated rings. The first kappa shape index (κ1) is 13.4. The van der Waals surface area contributed by atoms with Crippen LogP contribution in [0.4, 0.5) is 0 Å². The van der Waals surface area contributed by atoms with Crippen LogP contribution in [-0.2, 0) is 27.5 Å². The zero-order chi connectivity index (χ0) is 12.4. The van der Waals surface area contributed by atoms with E-state index < -0.39 is 14.8 Å². The minimum absolute atomic E-state index is 0.175. The molecule has 2 atom stereocenters. The summed E-state index contributed by atoms with van der Waals surface area (Å²) >= 11 is 0. The van der Waals surface area contributed by atoms with Crippen molar-refractivity contribution in [3.8, 4) is 0 Å². The van der Waals surface area contributed by atoms with Crippen LogP contribution in [0.25, 0.3) is 0 Å². The zero-order valence-electron chi connectivity index (χ0n) is 10.6. The Morgan fingerprint density at radius 2 is 2.00 bits per heavy atom. The van der Waals surface area contributed by atoms with Gasteiger partial charge in [0, 0.05) is 33.8 Å². The summed E-state index contributed by atoms with van der Waals surface area (Å²) in [6.45, 7) is 1.22. The average Bonchev–Trinajstić information content (AvgIpc) is 3.20. The lowest BCUT2D eigenvalue weighted by atomic mass is 10.3. The topological polar surface area (TPSA) is 58.7 Å². The lowest BCUT2D eigenvalue weighted by Crippen LogP contribution is -2.57. The summed E-state index contributed by atoms with van der Waals surface area (Å²) in [5, 5.41) is 0. The molecular formula is C10H20O6Si. The molecule has 0 aromatic heterocycles. The van der Waals surface area contributed by atoms with Crippen molar-refractivity contribution in [1.29, 1.82) is 0 Å². The number of ether oxygens (including phenoxy) is 3. The van der Waals surface area contributed by atoms with Gasteiger partial charge in [-0.1, -0.05) is 0 Å². The number of methoxy groups -OCH3 is 1. The maximum atomic E-state index is 5.88. The highest BCUT2D eigenvalue weighted by Gasteiger charge is 2.53. The Kier molecular flexibility index (Phi) is 4.19. The summed E-state index contributed by atoms with van der Waals surface area (Å²) in [6, 6.07) is 0.786. The molecule has 100 valence electrons. The lowest BCUT2D eigenvalue weighted by Gasteiger charge is -2.42. The second-order valence-electron chi connectivity index (χ2n) is 4.20. The van der Waals surface area contributed by atoms with E-state index in [0.29, 0.717) is 13.0 Å². The first-order chi connectivity index (χ1) is 8.17. The third kappa shape index (κ3) is 3.05. The third-order valence-electron chi connectivity index (χ3n) is 3.10. The SMILES string of the molecule is COC1(OCC2CO2)CCC[Si](OC)(OC)O1. The third-order valence-corrected chi connectivity index (χ3v) is 5.93. The largest absolute Gasteiger partial charge is 0.504 e. The van der Waals surface area contributed by atoms with Crippen molar-refractivity contribution in [2.75, 3.05) is 34.5 Å². The van der Waals surface area contributed by atoms with Crippen LogP contribution in [0.2, 0.25) is 6.04 Å². The molecule has 0 spiro atoms. The van der Waals surface area contributed by atoms with Crippen LogP contribution in [0.1, 0.15) is 12.8 Å². The first-order valence-corrected chi connectivity index (χ1v) is 7.72. The fourth-order valence-corrected chi connectivity index (χ4v) is 4.09. The minimum Gasteiger partial charge on any atom is -0.377 e. The Morgan fingerprint density at radius 3 is 2.53 bits per heavy atom. The molecule has 0 bridgehead atoms. The van der Waals surface area contributed by atoms with Crippen molar-refractivity contribution in [1.82, 2.24) is 0 Å². The molecule has 0 aromatic rings. The Balaban J connectivity index is 1.98. The monoisotopic (exact) mass is 264 g/mol. The normalized spacial score (nSPS) is 35.8. The summed E-state index contributed by atoms with van der Waals surface area (Å²) < 4.78 is 32.9. The molecule has 2 rings (SSSR count). The summed E-state index contributed by atoms with van der Waals surface area (Å²) in [6.07, 6.45) is 1.75. The molecule has 0 aliphatic carbocycles. The smallest absolute Gasteiger partial charge is 0.377 e. The van der Waals surface area contributed by atoms with Crippen molar-refractivity contribution in [2.24, 2.45) is 0 Å². The number of hydrogen-bond donors (Lipinski definition) is 0. The Hall–Kier alpha value is -0.0231. The van der Waals surface area contributed by atoms with Gasteiger partial charge in [0.1, 0.15) is 6.10 Å². The van der Waals surface area contributed by atoms with Crippen molar-refractivity contribution >= 4 is 8.80 Å². The van der Waals surface area contributed by atoms with E-state index in [1.54, 1.807) is 21.3 Å².